The highest BCUT2D eigenvalue weighted by molar-refractivity contribution is 5.25. The molecule has 3 rings (SSSR count). The lowest BCUT2D eigenvalue weighted by molar-refractivity contribution is 0.622. The second-order valence-corrected chi connectivity index (χ2v) is 5.16. The van der Waals surface area contributed by atoms with Crippen molar-refractivity contribution in [2.24, 2.45) is 5.73 Å². The van der Waals surface area contributed by atoms with E-state index in [-0.39, 0.29) is 0 Å². The van der Waals surface area contributed by atoms with E-state index in [0.717, 1.165) is 30.9 Å². The van der Waals surface area contributed by atoms with Gasteiger partial charge >= 0.3 is 0 Å². The molecule has 0 saturated carbocycles. The van der Waals surface area contributed by atoms with Gasteiger partial charge in [-0.05, 0) is 44.2 Å². The maximum atomic E-state index is 5.77. The van der Waals surface area contributed by atoms with Gasteiger partial charge in [0.1, 0.15) is 5.82 Å². The molecule has 0 spiro atoms. The van der Waals surface area contributed by atoms with Gasteiger partial charge in [0.05, 0.1) is 17.9 Å². The van der Waals surface area contributed by atoms with E-state index in [9.17, 15) is 0 Å². The zero-order chi connectivity index (χ0) is 13.2. The van der Waals surface area contributed by atoms with Crippen molar-refractivity contribution < 1.29 is 0 Å². The smallest absolute Gasteiger partial charge is 0.106 e. The number of pyridine rings is 1. The summed E-state index contributed by atoms with van der Waals surface area (Å²) in [5, 5.41) is 0. The van der Waals surface area contributed by atoms with Gasteiger partial charge in [-0.2, -0.15) is 0 Å². The number of aromatic nitrogens is 3. The standard InChI is InChI=1S/C15H20N4/c1-11-18-13-6-2-3-7-15(13)19(11)10-12-5-4-8-17-14(12)9-16/h4-5,8H,2-3,6-7,9-10,16H2,1H3. The Hall–Kier alpha value is -1.68. The fourth-order valence-corrected chi connectivity index (χ4v) is 2.91. The summed E-state index contributed by atoms with van der Waals surface area (Å²) >= 11 is 0. The number of nitrogens with zero attached hydrogens (tertiary/aromatic N) is 3. The van der Waals surface area contributed by atoms with E-state index in [4.69, 9.17) is 10.7 Å². The summed E-state index contributed by atoms with van der Waals surface area (Å²) in [7, 11) is 0. The van der Waals surface area contributed by atoms with E-state index >= 15 is 0 Å². The van der Waals surface area contributed by atoms with Crippen molar-refractivity contribution in [1.29, 1.82) is 0 Å². The molecule has 2 aromatic heterocycles. The summed E-state index contributed by atoms with van der Waals surface area (Å²) in [5.41, 5.74) is 10.7. The van der Waals surface area contributed by atoms with Crippen LogP contribution in [0.4, 0.5) is 0 Å². The first kappa shape index (κ1) is 12.4. The summed E-state index contributed by atoms with van der Waals surface area (Å²) in [6.07, 6.45) is 6.62. The molecule has 2 N–H and O–H groups in total. The van der Waals surface area contributed by atoms with Gasteiger partial charge in [0, 0.05) is 18.4 Å². The average Bonchev–Trinajstić information content (AvgIpc) is 2.76. The number of rotatable bonds is 3. The van der Waals surface area contributed by atoms with Gasteiger partial charge in [-0.3, -0.25) is 4.98 Å². The van der Waals surface area contributed by atoms with E-state index in [1.807, 2.05) is 12.3 Å². The monoisotopic (exact) mass is 256 g/mol. The van der Waals surface area contributed by atoms with Crippen LogP contribution in [0.3, 0.4) is 0 Å². The van der Waals surface area contributed by atoms with E-state index in [0.29, 0.717) is 6.54 Å². The molecule has 100 valence electrons. The summed E-state index contributed by atoms with van der Waals surface area (Å²) in [4.78, 5) is 9.07. The maximum Gasteiger partial charge on any atom is 0.106 e. The van der Waals surface area contributed by atoms with Gasteiger partial charge in [-0.15, -0.1) is 0 Å². The third-order valence-corrected chi connectivity index (χ3v) is 3.93. The predicted molar refractivity (Wildman–Crippen MR) is 74.8 cm³/mol. The minimum atomic E-state index is 0.492. The number of aryl methyl sites for hydroxylation is 2. The van der Waals surface area contributed by atoms with Crippen molar-refractivity contribution in [1.82, 2.24) is 14.5 Å². The van der Waals surface area contributed by atoms with Gasteiger partial charge in [-0.1, -0.05) is 6.07 Å². The van der Waals surface area contributed by atoms with Crippen LogP contribution < -0.4 is 5.73 Å². The first-order chi connectivity index (χ1) is 9.29. The average molecular weight is 256 g/mol. The second-order valence-electron chi connectivity index (χ2n) is 5.16. The zero-order valence-electron chi connectivity index (χ0n) is 11.4. The maximum absolute atomic E-state index is 5.77. The van der Waals surface area contributed by atoms with Crippen LogP contribution >= 0.6 is 0 Å². The van der Waals surface area contributed by atoms with Gasteiger partial charge in [-0.25, -0.2) is 4.98 Å². The van der Waals surface area contributed by atoms with Crippen LogP contribution in [0.15, 0.2) is 18.3 Å². The molecule has 0 fully saturated rings. The van der Waals surface area contributed by atoms with Crippen molar-refractivity contribution in [2.75, 3.05) is 0 Å². The third kappa shape index (κ3) is 2.28. The Labute approximate surface area is 113 Å². The van der Waals surface area contributed by atoms with Gasteiger partial charge in [0.2, 0.25) is 0 Å². The molecule has 0 saturated heterocycles. The van der Waals surface area contributed by atoms with Crippen LogP contribution in [0, 0.1) is 6.92 Å². The lowest BCUT2D eigenvalue weighted by atomic mass is 10.0. The highest BCUT2D eigenvalue weighted by Crippen LogP contribution is 2.23. The van der Waals surface area contributed by atoms with Crippen molar-refractivity contribution in [3.8, 4) is 0 Å². The van der Waals surface area contributed by atoms with E-state index < -0.39 is 0 Å². The molecule has 4 nitrogen and oxygen atoms in total. The molecule has 4 heteroatoms. The summed E-state index contributed by atoms with van der Waals surface area (Å²) < 4.78 is 2.34. The fraction of sp³-hybridized carbons (Fsp3) is 0.467. The summed E-state index contributed by atoms with van der Waals surface area (Å²) in [6.45, 7) is 3.43. The highest BCUT2D eigenvalue weighted by atomic mass is 15.1. The molecule has 19 heavy (non-hydrogen) atoms. The Balaban J connectivity index is 1.97. The molecule has 0 unspecified atom stereocenters. The Morgan fingerprint density at radius 3 is 3.00 bits per heavy atom. The van der Waals surface area contributed by atoms with E-state index in [1.54, 1.807) is 0 Å². The van der Waals surface area contributed by atoms with Crippen LogP contribution in [-0.2, 0) is 25.9 Å². The molecule has 2 heterocycles. The third-order valence-electron chi connectivity index (χ3n) is 3.93. The number of fused-ring (bicyclic) bond motifs is 1. The molecule has 0 amide bonds. The number of nitrogens with two attached hydrogens (primary N) is 1. The second kappa shape index (κ2) is 5.13. The first-order valence-electron chi connectivity index (χ1n) is 6.97. The molecule has 0 radical (unpaired) electrons. The van der Waals surface area contributed by atoms with Crippen molar-refractivity contribution in [3.05, 3.63) is 46.8 Å². The van der Waals surface area contributed by atoms with Crippen LogP contribution in [0.25, 0.3) is 0 Å². The number of hydrogen-bond acceptors (Lipinski definition) is 3. The van der Waals surface area contributed by atoms with E-state index in [2.05, 4.69) is 22.5 Å². The predicted octanol–water partition coefficient (Wildman–Crippen LogP) is 1.97. The summed E-state index contributed by atoms with van der Waals surface area (Å²) in [5.74, 6) is 1.11. The molecule has 2 aromatic rings. The van der Waals surface area contributed by atoms with Crippen molar-refractivity contribution >= 4 is 0 Å². The van der Waals surface area contributed by atoms with Gasteiger partial charge in [0.25, 0.3) is 0 Å². The van der Waals surface area contributed by atoms with Crippen LogP contribution in [0.5, 0.6) is 0 Å². The minimum absolute atomic E-state index is 0.492. The highest BCUT2D eigenvalue weighted by Gasteiger charge is 2.18. The van der Waals surface area contributed by atoms with Crippen molar-refractivity contribution in [3.63, 3.8) is 0 Å². The topological polar surface area (TPSA) is 56.7 Å². The Kier molecular flexibility index (Phi) is 3.34. The molecule has 0 atom stereocenters. The van der Waals surface area contributed by atoms with Crippen LogP contribution in [0.2, 0.25) is 0 Å². The SMILES string of the molecule is Cc1nc2c(n1Cc1cccnc1CN)CCCC2. The first-order valence-corrected chi connectivity index (χ1v) is 6.97. The Morgan fingerprint density at radius 2 is 2.16 bits per heavy atom. The largest absolute Gasteiger partial charge is 0.328 e. The fourth-order valence-electron chi connectivity index (χ4n) is 2.91. The normalized spacial score (nSPS) is 14.4. The van der Waals surface area contributed by atoms with Crippen LogP contribution in [-0.4, -0.2) is 14.5 Å². The zero-order valence-corrected chi connectivity index (χ0v) is 11.4. The molecule has 0 aromatic carbocycles. The number of hydrogen-bond donors (Lipinski definition) is 1. The molecule has 1 aliphatic rings. The van der Waals surface area contributed by atoms with Crippen molar-refractivity contribution in [2.45, 2.75) is 45.7 Å². The molecule has 1 aliphatic carbocycles. The molecule has 0 bridgehead atoms. The Morgan fingerprint density at radius 1 is 1.32 bits per heavy atom. The minimum Gasteiger partial charge on any atom is -0.328 e. The summed E-state index contributed by atoms with van der Waals surface area (Å²) in [6, 6.07) is 4.09. The lowest BCUT2D eigenvalue weighted by Crippen LogP contribution is -2.13. The quantitative estimate of drug-likeness (QED) is 0.913. The van der Waals surface area contributed by atoms with Gasteiger partial charge in [0.15, 0.2) is 0 Å². The van der Waals surface area contributed by atoms with E-state index in [1.165, 1.54) is 29.8 Å². The molecular weight excluding hydrogens is 236 g/mol. The lowest BCUT2D eigenvalue weighted by Gasteiger charge is -2.16. The Bertz CT molecular complexity index is 586. The number of imidazole rings is 1. The van der Waals surface area contributed by atoms with Gasteiger partial charge < -0.3 is 10.3 Å². The molecule has 0 aliphatic heterocycles. The molecular formula is C15H20N4. The van der Waals surface area contributed by atoms with Crippen LogP contribution in [0.1, 0.15) is 41.3 Å².